The van der Waals surface area contributed by atoms with Gasteiger partial charge in [-0.15, -0.1) is 10.2 Å². The van der Waals surface area contributed by atoms with Crippen LogP contribution in [0.25, 0.3) is 0 Å². The smallest absolute Gasteiger partial charge is 0.326 e. The van der Waals surface area contributed by atoms with Crippen molar-refractivity contribution in [1.82, 2.24) is 20.8 Å². The summed E-state index contributed by atoms with van der Waals surface area (Å²) in [5.41, 5.74) is 5.70. The Labute approximate surface area is 173 Å². The maximum atomic E-state index is 11.7. The van der Waals surface area contributed by atoms with Gasteiger partial charge in [-0.2, -0.15) is 0 Å². The van der Waals surface area contributed by atoms with E-state index in [1.807, 2.05) is 0 Å². The number of aliphatic carboxylic acids is 3. The molecule has 2 atom stereocenters. The van der Waals surface area contributed by atoms with Crippen molar-refractivity contribution in [2.45, 2.75) is 71.0 Å². The Balaban J connectivity index is 0.00000192. The molecule has 170 valence electrons. The molecule has 2 amide bonds. The summed E-state index contributed by atoms with van der Waals surface area (Å²) in [6.45, 7) is 4.13. The normalized spacial score (nSPS) is 12.1. The number of nitrogens with zero attached hydrogens (tertiary/aromatic N) is 2. The molecule has 0 aromatic carbocycles. The zero-order chi connectivity index (χ0) is 23.1. The van der Waals surface area contributed by atoms with Crippen molar-refractivity contribution in [3.8, 4) is 0 Å². The van der Waals surface area contributed by atoms with E-state index in [9.17, 15) is 19.2 Å². The first-order chi connectivity index (χ1) is 14.1. The number of nitrogens with two attached hydrogens (primary N) is 1. The molecule has 13 nitrogen and oxygen atoms in total. The minimum atomic E-state index is -1.37. The molecule has 0 bridgehead atoms. The number of hydrogen-bond acceptors (Lipinski definition) is 8. The standard InChI is InChI=1S/C13H19N5O8.C4H10/c14-6(1-3-9(19)20)11-18-17-8(26-11)5-15-13(25)16-7(12(23)24)2-4-10(21)22;1-3-4-2/h6-7H,1-5,14H2,(H,19,20)(H,21,22)(H,23,24)(H2,15,16,25);3-4H2,1-2H3/t6-,7?;/m0./s1. The third-order valence-corrected chi connectivity index (χ3v) is 3.62. The molecule has 7 N–H and O–H groups in total. The quantitative estimate of drug-likeness (QED) is 0.272. The molecule has 0 aliphatic carbocycles. The number of aromatic nitrogens is 2. The van der Waals surface area contributed by atoms with Crippen molar-refractivity contribution in [2.75, 3.05) is 0 Å². The van der Waals surface area contributed by atoms with Crippen molar-refractivity contribution in [1.29, 1.82) is 0 Å². The molecular weight excluding hydrogens is 402 g/mol. The Morgan fingerprint density at radius 3 is 2.07 bits per heavy atom. The molecule has 1 rings (SSSR count). The Morgan fingerprint density at radius 1 is 1.00 bits per heavy atom. The van der Waals surface area contributed by atoms with E-state index >= 15 is 0 Å². The average Bonchev–Trinajstić information content (AvgIpc) is 3.16. The zero-order valence-corrected chi connectivity index (χ0v) is 17.0. The van der Waals surface area contributed by atoms with Crippen molar-refractivity contribution in [2.24, 2.45) is 5.73 Å². The van der Waals surface area contributed by atoms with Crippen LogP contribution >= 0.6 is 0 Å². The summed E-state index contributed by atoms with van der Waals surface area (Å²) >= 11 is 0. The third-order valence-electron chi connectivity index (χ3n) is 3.62. The molecule has 1 heterocycles. The molecule has 0 aliphatic heterocycles. The Morgan fingerprint density at radius 2 is 1.57 bits per heavy atom. The van der Waals surface area contributed by atoms with Gasteiger partial charge in [0.15, 0.2) is 0 Å². The van der Waals surface area contributed by atoms with Gasteiger partial charge in [0.25, 0.3) is 0 Å². The van der Waals surface area contributed by atoms with Gasteiger partial charge >= 0.3 is 23.9 Å². The van der Waals surface area contributed by atoms with Gasteiger partial charge in [-0.25, -0.2) is 9.59 Å². The average molecular weight is 431 g/mol. The van der Waals surface area contributed by atoms with Crippen LogP contribution in [0.15, 0.2) is 4.42 Å². The fraction of sp³-hybridized carbons (Fsp3) is 0.647. The van der Waals surface area contributed by atoms with Crippen molar-refractivity contribution >= 4 is 23.9 Å². The topological polar surface area (TPSA) is 218 Å². The van der Waals surface area contributed by atoms with Crippen LogP contribution in [-0.4, -0.2) is 55.5 Å². The van der Waals surface area contributed by atoms with Gasteiger partial charge in [0.05, 0.1) is 12.6 Å². The summed E-state index contributed by atoms with van der Waals surface area (Å²) in [5, 5.41) is 37.8. The number of urea groups is 1. The summed E-state index contributed by atoms with van der Waals surface area (Å²) < 4.78 is 5.18. The van der Waals surface area contributed by atoms with Crippen LogP contribution in [0, 0.1) is 0 Å². The van der Waals surface area contributed by atoms with E-state index in [0.717, 1.165) is 0 Å². The highest BCUT2D eigenvalue weighted by Crippen LogP contribution is 2.14. The van der Waals surface area contributed by atoms with Crippen LogP contribution in [0.3, 0.4) is 0 Å². The highest BCUT2D eigenvalue weighted by atomic mass is 16.4. The number of amides is 2. The maximum absolute atomic E-state index is 11.7. The fourth-order valence-electron chi connectivity index (χ4n) is 1.78. The van der Waals surface area contributed by atoms with E-state index in [1.165, 1.54) is 12.8 Å². The minimum Gasteiger partial charge on any atom is -0.481 e. The lowest BCUT2D eigenvalue weighted by atomic mass is 10.1. The van der Waals surface area contributed by atoms with Crippen LogP contribution in [0.5, 0.6) is 0 Å². The van der Waals surface area contributed by atoms with E-state index in [1.54, 1.807) is 0 Å². The number of unbranched alkanes of at least 4 members (excludes halogenated alkanes) is 1. The number of carboxylic acid groups (broad SMARTS) is 3. The number of hydrogen-bond donors (Lipinski definition) is 6. The van der Waals surface area contributed by atoms with Gasteiger partial charge in [0.2, 0.25) is 11.8 Å². The summed E-state index contributed by atoms with van der Waals surface area (Å²) in [4.78, 5) is 43.6. The lowest BCUT2D eigenvalue weighted by Crippen LogP contribution is -2.46. The lowest BCUT2D eigenvalue weighted by Gasteiger charge is -2.13. The molecule has 13 heteroatoms. The monoisotopic (exact) mass is 431 g/mol. The Bertz CT molecular complexity index is 691. The minimum absolute atomic E-state index is 0.00771. The van der Waals surface area contributed by atoms with E-state index in [-0.39, 0.29) is 37.6 Å². The molecule has 0 radical (unpaired) electrons. The van der Waals surface area contributed by atoms with Gasteiger partial charge < -0.3 is 36.1 Å². The van der Waals surface area contributed by atoms with Crippen LogP contribution in [-0.2, 0) is 20.9 Å². The summed E-state index contributed by atoms with van der Waals surface area (Å²) in [7, 11) is 0. The first kappa shape index (κ1) is 26.8. The van der Waals surface area contributed by atoms with Gasteiger partial charge in [-0.1, -0.05) is 26.7 Å². The largest absolute Gasteiger partial charge is 0.481 e. The highest BCUT2D eigenvalue weighted by Gasteiger charge is 2.21. The number of nitrogens with one attached hydrogen (secondary N) is 2. The summed E-state index contributed by atoms with van der Waals surface area (Å²) in [6.07, 6.45) is 1.86. The van der Waals surface area contributed by atoms with Gasteiger partial charge in [-0.3, -0.25) is 9.59 Å². The zero-order valence-electron chi connectivity index (χ0n) is 17.0. The molecule has 0 spiro atoms. The number of carbonyl (C=O) groups is 4. The molecule has 0 fully saturated rings. The van der Waals surface area contributed by atoms with Gasteiger partial charge in [0.1, 0.15) is 6.04 Å². The molecule has 0 saturated heterocycles. The second-order valence-corrected chi connectivity index (χ2v) is 6.22. The molecular formula is C17H29N5O8. The van der Waals surface area contributed by atoms with E-state index in [2.05, 4.69) is 34.7 Å². The molecule has 0 aliphatic rings. The SMILES string of the molecule is CCCC.N[C@@H](CCC(=O)O)c1nnc(CNC(=O)NC(CCC(=O)O)C(=O)O)o1. The third kappa shape index (κ3) is 12.3. The van der Waals surface area contributed by atoms with Gasteiger partial charge in [-0.05, 0) is 12.8 Å². The predicted octanol–water partition coefficient (Wildman–Crippen LogP) is 0.858. The first-order valence-electron chi connectivity index (χ1n) is 9.39. The van der Waals surface area contributed by atoms with Crippen LogP contribution < -0.4 is 16.4 Å². The van der Waals surface area contributed by atoms with Crippen molar-refractivity contribution in [3.63, 3.8) is 0 Å². The predicted molar refractivity (Wildman–Crippen MR) is 102 cm³/mol. The van der Waals surface area contributed by atoms with Crippen LogP contribution in [0.4, 0.5) is 4.79 Å². The molecule has 0 saturated carbocycles. The van der Waals surface area contributed by atoms with Crippen LogP contribution in [0.2, 0.25) is 0 Å². The lowest BCUT2D eigenvalue weighted by molar-refractivity contribution is -0.141. The Hall–Kier alpha value is -3.22. The number of rotatable bonds is 12. The first-order valence-corrected chi connectivity index (χ1v) is 9.39. The van der Waals surface area contributed by atoms with Crippen LogP contribution in [0.1, 0.15) is 70.2 Å². The fourth-order valence-corrected chi connectivity index (χ4v) is 1.78. The molecule has 1 unspecified atom stereocenters. The van der Waals surface area contributed by atoms with Gasteiger partial charge in [0, 0.05) is 12.8 Å². The molecule has 30 heavy (non-hydrogen) atoms. The van der Waals surface area contributed by atoms with E-state index < -0.39 is 42.4 Å². The summed E-state index contributed by atoms with van der Waals surface area (Å²) in [5.74, 6) is -3.58. The van der Waals surface area contributed by atoms with E-state index in [0.29, 0.717) is 0 Å². The number of carboxylic acids is 3. The molecule has 1 aromatic rings. The Kier molecular flexibility index (Phi) is 13.2. The highest BCUT2D eigenvalue weighted by molar-refractivity contribution is 5.82. The summed E-state index contributed by atoms with van der Waals surface area (Å²) in [6, 6.07) is -3.00. The second kappa shape index (κ2) is 14.7. The maximum Gasteiger partial charge on any atom is 0.326 e. The number of carbonyl (C=O) groups excluding carboxylic acids is 1. The second-order valence-electron chi connectivity index (χ2n) is 6.22. The van der Waals surface area contributed by atoms with E-state index in [4.69, 9.17) is 25.5 Å². The van der Waals surface area contributed by atoms with Crippen molar-refractivity contribution < 1.29 is 38.9 Å². The van der Waals surface area contributed by atoms with Crippen molar-refractivity contribution in [3.05, 3.63) is 11.8 Å². The molecule has 1 aromatic heterocycles.